The topological polar surface area (TPSA) is 122 Å². The Labute approximate surface area is 203 Å². The zero-order chi connectivity index (χ0) is 24.5. The Balaban J connectivity index is 1.19. The van der Waals surface area contributed by atoms with E-state index in [0.717, 1.165) is 19.6 Å². The Morgan fingerprint density at radius 1 is 1.17 bits per heavy atom. The third-order valence-electron chi connectivity index (χ3n) is 6.02. The SMILES string of the molecule is CN(CCN1CCN(c2ccc([S@](C)=O)cc2F)CC1)c1nc(N)n2nc(-c3ccco3)nc2n1. The van der Waals surface area contributed by atoms with Crippen LogP contribution in [-0.4, -0.2) is 86.2 Å². The van der Waals surface area contributed by atoms with Gasteiger partial charge in [0.05, 0.1) is 12.0 Å². The Kier molecular flexibility index (Phi) is 6.34. The van der Waals surface area contributed by atoms with Crippen molar-refractivity contribution in [3.05, 3.63) is 42.4 Å². The molecule has 1 saturated heterocycles. The number of nitrogens with zero attached hydrogens (tertiary/aromatic N) is 8. The average Bonchev–Trinajstić information content (AvgIpc) is 3.53. The van der Waals surface area contributed by atoms with Gasteiger partial charge in [-0.2, -0.15) is 19.5 Å². The molecule has 11 nitrogen and oxygen atoms in total. The van der Waals surface area contributed by atoms with E-state index in [1.807, 2.05) is 16.8 Å². The molecule has 3 aromatic heterocycles. The van der Waals surface area contributed by atoms with Gasteiger partial charge in [0.2, 0.25) is 17.7 Å². The van der Waals surface area contributed by atoms with Crippen LogP contribution in [0.2, 0.25) is 0 Å². The van der Waals surface area contributed by atoms with Crippen molar-refractivity contribution in [1.82, 2.24) is 29.5 Å². The molecule has 5 rings (SSSR count). The number of piperazine rings is 1. The van der Waals surface area contributed by atoms with Gasteiger partial charge in [0.15, 0.2) is 5.76 Å². The Morgan fingerprint density at radius 2 is 1.97 bits per heavy atom. The van der Waals surface area contributed by atoms with Gasteiger partial charge in [-0.15, -0.1) is 5.10 Å². The van der Waals surface area contributed by atoms with E-state index in [0.29, 0.717) is 53.5 Å². The summed E-state index contributed by atoms with van der Waals surface area (Å²) in [6, 6.07) is 8.33. The van der Waals surface area contributed by atoms with Gasteiger partial charge in [-0.05, 0) is 30.3 Å². The highest BCUT2D eigenvalue weighted by molar-refractivity contribution is 7.84. The third-order valence-corrected chi connectivity index (χ3v) is 6.94. The molecule has 0 spiro atoms. The summed E-state index contributed by atoms with van der Waals surface area (Å²) in [6.45, 7) is 4.49. The predicted octanol–water partition coefficient (Wildman–Crippen LogP) is 1.50. The second kappa shape index (κ2) is 9.58. The Morgan fingerprint density at radius 3 is 2.66 bits per heavy atom. The largest absolute Gasteiger partial charge is 0.461 e. The highest BCUT2D eigenvalue weighted by Crippen LogP contribution is 2.23. The van der Waals surface area contributed by atoms with E-state index in [4.69, 9.17) is 10.2 Å². The van der Waals surface area contributed by atoms with Gasteiger partial charge < -0.3 is 20.0 Å². The summed E-state index contributed by atoms with van der Waals surface area (Å²) in [5, 5.41) is 4.31. The summed E-state index contributed by atoms with van der Waals surface area (Å²) in [7, 11) is 0.704. The number of benzene rings is 1. The minimum atomic E-state index is -1.20. The van der Waals surface area contributed by atoms with Crippen LogP contribution in [0.25, 0.3) is 17.4 Å². The summed E-state index contributed by atoms with van der Waals surface area (Å²) < 4.78 is 32.8. The Hall–Kier alpha value is -3.58. The zero-order valence-corrected chi connectivity index (χ0v) is 20.3. The van der Waals surface area contributed by atoms with Crippen molar-refractivity contribution in [2.24, 2.45) is 0 Å². The fourth-order valence-corrected chi connectivity index (χ4v) is 4.53. The van der Waals surface area contributed by atoms with Crippen LogP contribution in [0.4, 0.5) is 22.0 Å². The summed E-state index contributed by atoms with van der Waals surface area (Å²) in [5.74, 6) is 1.58. The smallest absolute Gasteiger partial charge is 0.259 e. The van der Waals surface area contributed by atoms with Crippen molar-refractivity contribution in [3.63, 3.8) is 0 Å². The van der Waals surface area contributed by atoms with Crippen LogP contribution in [0.15, 0.2) is 45.9 Å². The number of rotatable bonds is 7. The minimum Gasteiger partial charge on any atom is -0.461 e. The number of nitrogens with two attached hydrogens (primary N) is 1. The summed E-state index contributed by atoms with van der Waals surface area (Å²) in [5.41, 5.74) is 6.65. The van der Waals surface area contributed by atoms with Crippen molar-refractivity contribution in [2.45, 2.75) is 4.90 Å². The van der Waals surface area contributed by atoms with Crippen LogP contribution < -0.4 is 15.5 Å². The van der Waals surface area contributed by atoms with E-state index in [9.17, 15) is 8.60 Å². The second-order valence-electron chi connectivity index (χ2n) is 8.32. The van der Waals surface area contributed by atoms with Crippen molar-refractivity contribution >= 4 is 34.2 Å². The monoisotopic (exact) mass is 499 g/mol. The maximum atomic E-state index is 14.5. The number of nitrogen functional groups attached to an aromatic ring is 1. The molecule has 184 valence electrons. The number of hydrogen-bond donors (Lipinski definition) is 1. The first-order valence-corrected chi connectivity index (χ1v) is 12.7. The first kappa shape index (κ1) is 23.2. The molecule has 1 fully saturated rings. The first-order chi connectivity index (χ1) is 16.9. The lowest BCUT2D eigenvalue weighted by Crippen LogP contribution is -2.48. The highest BCUT2D eigenvalue weighted by Gasteiger charge is 2.21. The molecule has 4 heterocycles. The molecular formula is C22H26FN9O2S. The van der Waals surface area contributed by atoms with E-state index in [1.54, 1.807) is 36.8 Å². The molecule has 0 unspecified atom stereocenters. The number of likely N-dealkylation sites (N-methyl/N-ethyl adjacent to an activating group) is 1. The molecule has 0 aliphatic carbocycles. The molecule has 4 aromatic rings. The number of halogens is 1. The van der Waals surface area contributed by atoms with Crippen molar-refractivity contribution in [3.8, 4) is 11.6 Å². The lowest BCUT2D eigenvalue weighted by atomic mass is 10.2. The lowest BCUT2D eigenvalue weighted by Gasteiger charge is -2.36. The minimum absolute atomic E-state index is 0.190. The maximum absolute atomic E-state index is 14.5. The summed E-state index contributed by atoms with van der Waals surface area (Å²) >= 11 is 0. The molecule has 1 aromatic carbocycles. The highest BCUT2D eigenvalue weighted by atomic mass is 32.2. The molecule has 35 heavy (non-hydrogen) atoms. The van der Waals surface area contributed by atoms with Crippen molar-refractivity contribution in [2.75, 3.05) is 68.1 Å². The maximum Gasteiger partial charge on any atom is 0.259 e. The van der Waals surface area contributed by atoms with Crippen LogP contribution in [0.1, 0.15) is 0 Å². The van der Waals surface area contributed by atoms with Crippen molar-refractivity contribution < 1.29 is 13.0 Å². The van der Waals surface area contributed by atoms with Crippen molar-refractivity contribution in [1.29, 1.82) is 0 Å². The first-order valence-electron chi connectivity index (χ1n) is 11.1. The quantitative estimate of drug-likeness (QED) is 0.400. The normalized spacial score (nSPS) is 15.6. The van der Waals surface area contributed by atoms with Crippen LogP contribution in [-0.2, 0) is 10.8 Å². The molecule has 1 aliphatic heterocycles. The van der Waals surface area contributed by atoms with Crippen LogP contribution in [0, 0.1) is 5.82 Å². The second-order valence-corrected chi connectivity index (χ2v) is 9.70. The predicted molar refractivity (Wildman–Crippen MR) is 131 cm³/mol. The average molecular weight is 500 g/mol. The lowest BCUT2D eigenvalue weighted by molar-refractivity contribution is 0.262. The van der Waals surface area contributed by atoms with Gasteiger partial charge >= 0.3 is 0 Å². The number of fused-ring (bicyclic) bond motifs is 1. The number of furan rings is 1. The molecule has 0 radical (unpaired) electrons. The number of hydrogen-bond acceptors (Lipinski definition) is 10. The fourth-order valence-electron chi connectivity index (χ4n) is 4.00. The fraction of sp³-hybridized carbons (Fsp3) is 0.364. The molecule has 2 N–H and O–H groups in total. The van der Waals surface area contributed by atoms with E-state index in [1.165, 1.54) is 10.6 Å². The molecule has 0 bridgehead atoms. The van der Waals surface area contributed by atoms with Gasteiger partial charge in [0, 0.05) is 68.3 Å². The van der Waals surface area contributed by atoms with E-state index in [-0.39, 0.29) is 11.8 Å². The van der Waals surface area contributed by atoms with Gasteiger partial charge in [-0.1, -0.05) is 0 Å². The van der Waals surface area contributed by atoms with E-state index >= 15 is 0 Å². The number of anilines is 3. The van der Waals surface area contributed by atoms with E-state index < -0.39 is 10.8 Å². The Bertz CT molecular complexity index is 1350. The zero-order valence-electron chi connectivity index (χ0n) is 19.5. The molecule has 1 atom stereocenters. The molecule has 1 aliphatic rings. The van der Waals surface area contributed by atoms with Crippen LogP contribution in [0.3, 0.4) is 0 Å². The van der Waals surface area contributed by atoms with E-state index in [2.05, 4.69) is 25.0 Å². The molecule has 0 amide bonds. The van der Waals surface area contributed by atoms with Gasteiger partial charge in [-0.3, -0.25) is 9.11 Å². The number of aromatic nitrogens is 5. The molecule has 13 heteroatoms. The van der Waals surface area contributed by atoms with Crippen LogP contribution in [0.5, 0.6) is 0 Å². The van der Waals surface area contributed by atoms with Gasteiger partial charge in [0.25, 0.3) is 5.78 Å². The summed E-state index contributed by atoms with van der Waals surface area (Å²) in [4.78, 5) is 20.0. The standard InChI is InChI=1S/C22H26FN9O2S/c1-29(21-26-20(24)32-22(27-21)25-19(28-32)18-4-3-13-34-18)7-8-30-9-11-31(12-10-30)17-6-5-15(35(2)33)14-16(17)23/h3-6,13-14H,7-12H2,1-2H3,(H2,24,25,26,27,28)/t35-/m0/s1. The van der Waals surface area contributed by atoms with Crippen LogP contribution >= 0.6 is 0 Å². The molecule has 0 saturated carbocycles. The van der Waals surface area contributed by atoms with Gasteiger partial charge in [0.1, 0.15) is 5.82 Å². The third kappa shape index (κ3) is 4.82. The summed E-state index contributed by atoms with van der Waals surface area (Å²) in [6.07, 6.45) is 3.10. The molecular weight excluding hydrogens is 473 g/mol. The van der Waals surface area contributed by atoms with Gasteiger partial charge in [-0.25, -0.2) is 4.39 Å².